The van der Waals surface area contributed by atoms with E-state index in [0.29, 0.717) is 34.8 Å². The molecule has 0 atom stereocenters. The number of carbonyl (C=O) groups excluding carboxylic acids is 1. The smallest absolute Gasteiger partial charge is 0.390 e. The van der Waals surface area contributed by atoms with E-state index in [1.54, 1.807) is 17.7 Å². The van der Waals surface area contributed by atoms with E-state index in [1.165, 1.54) is 12.7 Å². The summed E-state index contributed by atoms with van der Waals surface area (Å²) in [6.07, 6.45) is 9.63. The molecule has 0 aliphatic carbocycles. The van der Waals surface area contributed by atoms with Crippen molar-refractivity contribution in [1.82, 2.24) is 19.5 Å². The lowest BCUT2D eigenvalue weighted by atomic mass is 10.1. The predicted octanol–water partition coefficient (Wildman–Crippen LogP) is 2.48. The Kier molecular flexibility index (Phi) is 9.84. The molecule has 1 saturated heterocycles. The van der Waals surface area contributed by atoms with Crippen LogP contribution < -0.4 is 27.6 Å². The minimum Gasteiger partial charge on any atom is -1.00 e. The molecule has 2 aromatic carbocycles. The van der Waals surface area contributed by atoms with Gasteiger partial charge in [-0.3, -0.25) is 4.79 Å². The van der Waals surface area contributed by atoms with Gasteiger partial charge in [-0.05, 0) is 71.6 Å². The highest BCUT2D eigenvalue weighted by atomic mass is 79.9. The molecule has 214 valence electrons. The summed E-state index contributed by atoms with van der Waals surface area (Å²) in [5.41, 5.74) is 2.86. The second-order valence-electron chi connectivity index (χ2n) is 10.1. The molecule has 1 amide bonds. The number of aryl methyl sites for hydroxylation is 1. The number of fused-ring (bicyclic) bond motifs is 1. The summed E-state index contributed by atoms with van der Waals surface area (Å²) in [6.45, 7) is 2.89. The van der Waals surface area contributed by atoms with Crippen molar-refractivity contribution in [3.63, 3.8) is 0 Å². The van der Waals surface area contributed by atoms with Crippen molar-refractivity contribution in [2.45, 2.75) is 25.8 Å². The number of piperidine rings is 1. The molecule has 4 aromatic rings. The standard InChI is InChI=1S/C28H29BrN8O3.BrH/c1-35-19-32-28(36(39)40)25(35)17-37(12-3-2-4-13-37)14-6-9-26(38)33-22-10-11-24-23(16-22)27(31-18-30-24)34-21-8-5-7-20(29)15-21;/h5-11,15-16,18-19H,2-4,12-14,17H2,1H3,(H-,30,31,33,34,38);1H/b9-6+;. The van der Waals surface area contributed by atoms with Crippen LogP contribution in [0.2, 0.25) is 0 Å². The summed E-state index contributed by atoms with van der Waals surface area (Å²) in [7, 11) is 1.79. The number of quaternary nitrogens is 1. The number of imidazole rings is 1. The number of aromatic nitrogens is 4. The lowest BCUT2D eigenvalue weighted by Crippen LogP contribution is -3.00. The molecule has 0 bridgehead atoms. The second kappa shape index (κ2) is 13.3. The number of benzene rings is 2. The van der Waals surface area contributed by atoms with Crippen molar-refractivity contribution < 1.29 is 31.2 Å². The van der Waals surface area contributed by atoms with Crippen LogP contribution in [0, 0.1) is 10.1 Å². The van der Waals surface area contributed by atoms with E-state index in [1.807, 2.05) is 48.5 Å². The highest BCUT2D eigenvalue weighted by Crippen LogP contribution is 2.28. The molecule has 11 nitrogen and oxygen atoms in total. The number of hydrogen-bond donors (Lipinski definition) is 2. The molecule has 3 heterocycles. The van der Waals surface area contributed by atoms with Gasteiger partial charge in [0.05, 0.1) is 25.2 Å². The number of nitro groups is 1. The van der Waals surface area contributed by atoms with Crippen LogP contribution in [0.3, 0.4) is 0 Å². The number of carbonyl (C=O) groups is 1. The third kappa shape index (κ3) is 7.34. The lowest BCUT2D eigenvalue weighted by Gasteiger charge is -2.40. The van der Waals surface area contributed by atoms with Gasteiger partial charge in [-0.15, -0.1) is 0 Å². The molecular weight excluding hydrogens is 656 g/mol. The number of nitrogens with one attached hydrogen (secondary N) is 2. The Morgan fingerprint density at radius 2 is 1.93 bits per heavy atom. The molecule has 0 unspecified atom stereocenters. The minimum absolute atomic E-state index is 0. The Hall–Kier alpha value is -3.68. The topological polar surface area (TPSA) is 128 Å². The van der Waals surface area contributed by atoms with Crippen molar-refractivity contribution in [3.05, 3.63) is 87.6 Å². The van der Waals surface area contributed by atoms with Crippen molar-refractivity contribution in [2.24, 2.45) is 7.05 Å². The number of nitrogens with zero attached hydrogens (tertiary/aromatic N) is 6. The van der Waals surface area contributed by atoms with E-state index in [4.69, 9.17) is 0 Å². The fourth-order valence-corrected chi connectivity index (χ4v) is 5.59. The first-order valence-electron chi connectivity index (χ1n) is 13.1. The Bertz CT molecular complexity index is 1580. The number of rotatable bonds is 9. The Labute approximate surface area is 256 Å². The van der Waals surface area contributed by atoms with Crippen LogP contribution >= 0.6 is 15.9 Å². The van der Waals surface area contributed by atoms with Crippen LogP contribution in [0.1, 0.15) is 25.0 Å². The third-order valence-corrected chi connectivity index (χ3v) is 7.71. The molecule has 1 aliphatic rings. The first-order valence-corrected chi connectivity index (χ1v) is 13.9. The molecule has 0 radical (unpaired) electrons. The number of amides is 1. The number of anilines is 3. The maximum absolute atomic E-state index is 12.9. The number of halogens is 2. The summed E-state index contributed by atoms with van der Waals surface area (Å²) in [6, 6.07) is 13.3. The molecule has 0 spiro atoms. The van der Waals surface area contributed by atoms with Gasteiger partial charge < -0.3 is 46.8 Å². The minimum atomic E-state index is -0.423. The van der Waals surface area contributed by atoms with Gasteiger partial charge in [-0.2, -0.15) is 0 Å². The van der Waals surface area contributed by atoms with Gasteiger partial charge >= 0.3 is 5.82 Å². The Balaban J connectivity index is 0.00000387. The maximum Gasteiger partial charge on any atom is 0.390 e. The highest BCUT2D eigenvalue weighted by molar-refractivity contribution is 9.10. The molecule has 0 saturated carbocycles. The van der Waals surface area contributed by atoms with E-state index in [2.05, 4.69) is 41.5 Å². The van der Waals surface area contributed by atoms with E-state index >= 15 is 0 Å². The zero-order valence-corrected chi connectivity index (χ0v) is 25.6. The van der Waals surface area contributed by atoms with Crippen molar-refractivity contribution in [1.29, 1.82) is 0 Å². The zero-order chi connectivity index (χ0) is 28.1. The van der Waals surface area contributed by atoms with Gasteiger partial charge in [0.1, 0.15) is 18.7 Å². The summed E-state index contributed by atoms with van der Waals surface area (Å²) < 4.78 is 3.33. The summed E-state index contributed by atoms with van der Waals surface area (Å²) in [5, 5.41) is 18.5. The van der Waals surface area contributed by atoms with Crippen LogP contribution in [0.4, 0.5) is 23.0 Å². The number of likely N-dealkylation sites (tertiary alicyclic amines) is 1. The lowest BCUT2D eigenvalue weighted by molar-refractivity contribution is -0.940. The SMILES string of the molecule is Cn1cnc([N+](=O)[O-])c1C[N+]1(C/C=C/C(=O)Nc2ccc3ncnc(Nc4cccc(Br)c4)c3c2)CCCCC1.[Br-]. The van der Waals surface area contributed by atoms with E-state index in [9.17, 15) is 14.9 Å². The average Bonchev–Trinajstić information content (AvgIpc) is 3.29. The van der Waals surface area contributed by atoms with Crippen LogP contribution in [0.15, 0.2) is 71.7 Å². The van der Waals surface area contributed by atoms with Gasteiger partial charge in [0.25, 0.3) is 0 Å². The van der Waals surface area contributed by atoms with E-state index < -0.39 is 4.92 Å². The fraction of sp³-hybridized carbons (Fsp3) is 0.286. The van der Waals surface area contributed by atoms with E-state index in [0.717, 1.165) is 53.4 Å². The van der Waals surface area contributed by atoms with Crippen LogP contribution in [-0.2, 0) is 18.4 Å². The fourth-order valence-electron chi connectivity index (χ4n) is 5.19. The molecule has 1 fully saturated rings. The zero-order valence-electron chi connectivity index (χ0n) is 22.5. The van der Waals surface area contributed by atoms with Crippen molar-refractivity contribution >= 4 is 55.8 Å². The third-order valence-electron chi connectivity index (χ3n) is 7.21. The van der Waals surface area contributed by atoms with Crippen LogP contribution in [0.5, 0.6) is 0 Å². The van der Waals surface area contributed by atoms with Crippen LogP contribution in [-0.4, -0.2) is 54.5 Å². The van der Waals surface area contributed by atoms with Gasteiger partial charge in [-0.25, -0.2) is 9.97 Å². The second-order valence-corrected chi connectivity index (χ2v) is 11.0. The molecule has 5 rings (SSSR count). The van der Waals surface area contributed by atoms with Crippen molar-refractivity contribution in [2.75, 3.05) is 30.3 Å². The van der Waals surface area contributed by atoms with Gasteiger partial charge in [0.15, 0.2) is 5.69 Å². The molecule has 13 heteroatoms. The first kappa shape index (κ1) is 30.3. The molecule has 1 aliphatic heterocycles. The Morgan fingerprint density at radius 3 is 2.68 bits per heavy atom. The monoisotopic (exact) mass is 684 g/mol. The average molecular weight is 686 g/mol. The quantitative estimate of drug-likeness (QED) is 0.120. The Morgan fingerprint density at radius 1 is 1.12 bits per heavy atom. The summed E-state index contributed by atoms with van der Waals surface area (Å²) in [5.74, 6) is 0.288. The van der Waals surface area contributed by atoms with Gasteiger partial charge in [0, 0.05) is 34.4 Å². The predicted molar refractivity (Wildman–Crippen MR) is 157 cm³/mol. The summed E-state index contributed by atoms with van der Waals surface area (Å²) >= 11 is 3.48. The molecule has 2 aromatic heterocycles. The van der Waals surface area contributed by atoms with Crippen molar-refractivity contribution in [3.8, 4) is 0 Å². The van der Waals surface area contributed by atoms with Gasteiger partial charge in [0.2, 0.25) is 12.2 Å². The molecular formula is C28H30Br2N8O3. The number of hydrogen-bond acceptors (Lipinski definition) is 7. The van der Waals surface area contributed by atoms with Crippen LogP contribution in [0.25, 0.3) is 10.9 Å². The maximum atomic E-state index is 12.9. The molecule has 41 heavy (non-hydrogen) atoms. The van der Waals surface area contributed by atoms with E-state index in [-0.39, 0.29) is 28.7 Å². The highest BCUT2D eigenvalue weighted by Gasteiger charge is 2.34. The largest absolute Gasteiger partial charge is 1.00 e. The molecule has 2 N–H and O–H groups in total. The van der Waals surface area contributed by atoms with Gasteiger partial charge in [-0.1, -0.05) is 22.0 Å². The normalized spacial score (nSPS) is 14.5. The first-order chi connectivity index (χ1) is 19.3. The summed E-state index contributed by atoms with van der Waals surface area (Å²) in [4.78, 5) is 36.7.